The monoisotopic (exact) mass is 258 g/mol. The molecule has 1 aromatic carbocycles. The van der Waals surface area contributed by atoms with Gasteiger partial charge in [0, 0.05) is 31.4 Å². The first-order chi connectivity index (χ1) is 9.10. The maximum Gasteiger partial charge on any atom is 0.0992 e. The smallest absolute Gasteiger partial charge is 0.0992 e. The van der Waals surface area contributed by atoms with E-state index in [1.165, 1.54) is 0 Å². The SMILES string of the molecule is CC1CN(c2cccc(C#N)c2)C(CN(C)C)CN1. The summed E-state index contributed by atoms with van der Waals surface area (Å²) < 4.78 is 0. The second-order valence-corrected chi connectivity index (χ2v) is 5.54. The van der Waals surface area contributed by atoms with Crippen LogP contribution in [0.1, 0.15) is 12.5 Å². The number of anilines is 1. The Labute approximate surface area is 115 Å². The molecule has 0 spiro atoms. The fraction of sp³-hybridized carbons (Fsp3) is 0.533. The molecule has 0 amide bonds. The fourth-order valence-corrected chi connectivity index (χ4v) is 2.61. The minimum Gasteiger partial charge on any atom is -0.364 e. The largest absolute Gasteiger partial charge is 0.364 e. The van der Waals surface area contributed by atoms with Gasteiger partial charge in [-0.1, -0.05) is 6.07 Å². The van der Waals surface area contributed by atoms with E-state index >= 15 is 0 Å². The Bertz CT molecular complexity index is 463. The number of hydrogen-bond donors (Lipinski definition) is 1. The van der Waals surface area contributed by atoms with Crippen molar-refractivity contribution >= 4 is 5.69 Å². The zero-order chi connectivity index (χ0) is 13.8. The summed E-state index contributed by atoms with van der Waals surface area (Å²) in [5.74, 6) is 0. The molecule has 102 valence electrons. The van der Waals surface area contributed by atoms with Crippen LogP contribution in [-0.4, -0.2) is 50.7 Å². The molecule has 1 N–H and O–H groups in total. The van der Waals surface area contributed by atoms with Crippen molar-refractivity contribution in [3.8, 4) is 6.07 Å². The molecule has 0 aliphatic carbocycles. The van der Waals surface area contributed by atoms with Crippen molar-refractivity contribution in [2.45, 2.75) is 19.0 Å². The highest BCUT2D eigenvalue weighted by Crippen LogP contribution is 2.21. The number of piperazine rings is 1. The van der Waals surface area contributed by atoms with Crippen molar-refractivity contribution in [2.75, 3.05) is 38.6 Å². The number of nitriles is 1. The lowest BCUT2D eigenvalue weighted by molar-refractivity contribution is 0.317. The molecule has 2 atom stereocenters. The molecule has 1 fully saturated rings. The predicted molar refractivity (Wildman–Crippen MR) is 78.3 cm³/mol. The quantitative estimate of drug-likeness (QED) is 0.887. The molecule has 0 radical (unpaired) electrons. The van der Waals surface area contributed by atoms with Crippen LogP contribution < -0.4 is 10.2 Å². The molecule has 1 heterocycles. The van der Waals surface area contributed by atoms with Gasteiger partial charge < -0.3 is 15.1 Å². The number of nitrogens with one attached hydrogen (secondary N) is 1. The average Bonchev–Trinajstić information content (AvgIpc) is 2.40. The molecule has 0 aromatic heterocycles. The third kappa shape index (κ3) is 3.46. The van der Waals surface area contributed by atoms with Crippen molar-refractivity contribution in [3.05, 3.63) is 29.8 Å². The lowest BCUT2D eigenvalue weighted by Gasteiger charge is -2.42. The van der Waals surface area contributed by atoms with E-state index < -0.39 is 0 Å². The first kappa shape index (κ1) is 13.9. The highest BCUT2D eigenvalue weighted by molar-refractivity contribution is 5.53. The van der Waals surface area contributed by atoms with E-state index in [2.05, 4.69) is 48.3 Å². The lowest BCUT2D eigenvalue weighted by atomic mass is 10.1. The van der Waals surface area contributed by atoms with E-state index in [-0.39, 0.29) is 0 Å². The van der Waals surface area contributed by atoms with E-state index in [4.69, 9.17) is 5.26 Å². The molecule has 1 aliphatic rings. The highest BCUT2D eigenvalue weighted by Gasteiger charge is 2.26. The molecule has 1 aromatic rings. The van der Waals surface area contributed by atoms with E-state index in [1.807, 2.05) is 18.2 Å². The Morgan fingerprint density at radius 1 is 1.47 bits per heavy atom. The molecule has 0 saturated carbocycles. The molecule has 1 aliphatic heterocycles. The van der Waals surface area contributed by atoms with Crippen LogP contribution in [0.25, 0.3) is 0 Å². The Morgan fingerprint density at radius 3 is 2.95 bits per heavy atom. The Morgan fingerprint density at radius 2 is 2.26 bits per heavy atom. The van der Waals surface area contributed by atoms with E-state index in [1.54, 1.807) is 0 Å². The van der Waals surface area contributed by atoms with Gasteiger partial charge in [0.1, 0.15) is 0 Å². The average molecular weight is 258 g/mol. The third-order valence-electron chi connectivity index (χ3n) is 3.50. The van der Waals surface area contributed by atoms with E-state index in [9.17, 15) is 0 Å². The molecule has 2 unspecified atom stereocenters. The maximum absolute atomic E-state index is 9.03. The van der Waals surface area contributed by atoms with Gasteiger partial charge in [-0.3, -0.25) is 0 Å². The molecule has 19 heavy (non-hydrogen) atoms. The normalized spacial score (nSPS) is 23.4. The zero-order valence-electron chi connectivity index (χ0n) is 11.9. The summed E-state index contributed by atoms with van der Waals surface area (Å²) in [6.45, 7) is 5.17. The van der Waals surface area contributed by atoms with Crippen molar-refractivity contribution in [1.29, 1.82) is 5.26 Å². The van der Waals surface area contributed by atoms with Crippen LogP contribution in [0.4, 0.5) is 5.69 Å². The zero-order valence-corrected chi connectivity index (χ0v) is 11.9. The van der Waals surface area contributed by atoms with Crippen LogP contribution in [0.3, 0.4) is 0 Å². The van der Waals surface area contributed by atoms with Crippen molar-refractivity contribution < 1.29 is 0 Å². The van der Waals surface area contributed by atoms with Crippen LogP contribution in [0.2, 0.25) is 0 Å². The molecule has 1 saturated heterocycles. The second-order valence-electron chi connectivity index (χ2n) is 5.54. The fourth-order valence-electron chi connectivity index (χ4n) is 2.61. The first-order valence-corrected chi connectivity index (χ1v) is 6.75. The molecular formula is C15H22N4. The van der Waals surface area contributed by atoms with Gasteiger partial charge in [0.2, 0.25) is 0 Å². The maximum atomic E-state index is 9.03. The summed E-state index contributed by atoms with van der Waals surface area (Å²) in [5.41, 5.74) is 1.88. The standard InChI is InChI=1S/C15H22N4/c1-12-10-19(15(9-17-12)11-18(2)3)14-6-4-5-13(7-14)8-16/h4-7,12,15,17H,9-11H2,1-3H3. The Kier molecular flexibility index (Phi) is 4.41. The number of likely N-dealkylation sites (N-methyl/N-ethyl adjacent to an activating group) is 1. The molecule has 0 bridgehead atoms. The highest BCUT2D eigenvalue weighted by atomic mass is 15.3. The molecule has 4 heteroatoms. The van der Waals surface area contributed by atoms with Gasteiger partial charge in [-0.2, -0.15) is 5.26 Å². The van der Waals surface area contributed by atoms with Crippen LogP contribution in [0, 0.1) is 11.3 Å². The summed E-state index contributed by atoms with van der Waals surface area (Å²) in [6, 6.07) is 11.0. The first-order valence-electron chi connectivity index (χ1n) is 6.75. The summed E-state index contributed by atoms with van der Waals surface area (Å²) in [7, 11) is 4.20. The summed E-state index contributed by atoms with van der Waals surface area (Å²) in [4.78, 5) is 4.63. The van der Waals surface area contributed by atoms with Gasteiger partial charge in [0.25, 0.3) is 0 Å². The van der Waals surface area contributed by atoms with Crippen LogP contribution >= 0.6 is 0 Å². The van der Waals surface area contributed by atoms with Crippen LogP contribution in [-0.2, 0) is 0 Å². The van der Waals surface area contributed by atoms with Gasteiger partial charge in [-0.15, -0.1) is 0 Å². The van der Waals surface area contributed by atoms with E-state index in [0.29, 0.717) is 12.1 Å². The van der Waals surface area contributed by atoms with Gasteiger partial charge in [0.15, 0.2) is 0 Å². The van der Waals surface area contributed by atoms with Crippen LogP contribution in [0.5, 0.6) is 0 Å². The Hall–Kier alpha value is -1.57. The summed E-state index contributed by atoms with van der Waals surface area (Å²) >= 11 is 0. The van der Waals surface area contributed by atoms with Crippen molar-refractivity contribution in [2.24, 2.45) is 0 Å². The number of benzene rings is 1. The third-order valence-corrected chi connectivity index (χ3v) is 3.50. The second kappa shape index (κ2) is 6.05. The summed E-state index contributed by atoms with van der Waals surface area (Å²) in [5, 5.41) is 12.6. The molecule has 4 nitrogen and oxygen atoms in total. The van der Waals surface area contributed by atoms with Crippen molar-refractivity contribution in [3.63, 3.8) is 0 Å². The van der Waals surface area contributed by atoms with Gasteiger partial charge in [-0.25, -0.2) is 0 Å². The summed E-state index contributed by atoms with van der Waals surface area (Å²) in [6.07, 6.45) is 0. The number of nitrogens with zero attached hydrogens (tertiary/aromatic N) is 3. The minimum atomic E-state index is 0.445. The minimum absolute atomic E-state index is 0.445. The Balaban J connectivity index is 2.23. The molecular weight excluding hydrogens is 236 g/mol. The number of rotatable bonds is 3. The topological polar surface area (TPSA) is 42.3 Å². The van der Waals surface area contributed by atoms with Crippen LogP contribution in [0.15, 0.2) is 24.3 Å². The van der Waals surface area contributed by atoms with Gasteiger partial charge in [-0.05, 0) is 39.2 Å². The predicted octanol–water partition coefficient (Wildman–Crippen LogP) is 1.29. The van der Waals surface area contributed by atoms with Gasteiger partial charge in [0.05, 0.1) is 17.7 Å². The molecule has 2 rings (SSSR count). The van der Waals surface area contributed by atoms with E-state index in [0.717, 1.165) is 30.9 Å². The number of hydrogen-bond acceptors (Lipinski definition) is 4. The lowest BCUT2D eigenvalue weighted by Crippen LogP contribution is -2.58. The van der Waals surface area contributed by atoms with Gasteiger partial charge >= 0.3 is 0 Å². The van der Waals surface area contributed by atoms with Crippen molar-refractivity contribution in [1.82, 2.24) is 10.2 Å².